The first-order chi connectivity index (χ1) is 8.71. The quantitative estimate of drug-likeness (QED) is 0.588. The van der Waals surface area contributed by atoms with Crippen molar-refractivity contribution in [2.45, 2.75) is 12.6 Å². The molecule has 0 aliphatic carbocycles. The maximum atomic E-state index is 13.3. The minimum absolute atomic E-state index is 0.0813. The summed E-state index contributed by atoms with van der Waals surface area (Å²) in [6.45, 7) is 0.0813. The third-order valence-corrected chi connectivity index (χ3v) is 3.82. The summed E-state index contributed by atoms with van der Waals surface area (Å²) >= 11 is 2.56. The largest absolute Gasteiger partial charge is 0.493 e. The first-order valence-corrected chi connectivity index (χ1v) is 7.73. The standard InChI is InChI=1S/C11H11BrF4O2S/c1-19(17)4-2-3-18-7-5-8(11(14,15)16)10(12)9(13)6-7/h5-6H,2-4H2,1H3. The highest BCUT2D eigenvalue weighted by Gasteiger charge is 2.34. The van der Waals surface area contributed by atoms with Gasteiger partial charge >= 0.3 is 6.18 Å². The maximum absolute atomic E-state index is 13.3. The van der Waals surface area contributed by atoms with Crippen LogP contribution in [0.25, 0.3) is 0 Å². The van der Waals surface area contributed by atoms with Crippen LogP contribution in [0.2, 0.25) is 0 Å². The SMILES string of the molecule is CS(=O)CCCOc1cc(F)c(Br)c(C(F)(F)F)c1. The highest BCUT2D eigenvalue weighted by atomic mass is 79.9. The molecule has 1 aromatic rings. The second kappa shape index (κ2) is 6.69. The van der Waals surface area contributed by atoms with Crippen molar-refractivity contribution < 1.29 is 26.5 Å². The first kappa shape index (κ1) is 16.4. The number of rotatable bonds is 5. The summed E-state index contributed by atoms with van der Waals surface area (Å²) in [6, 6.07) is 1.61. The van der Waals surface area contributed by atoms with Crippen LogP contribution in [0, 0.1) is 5.82 Å². The Morgan fingerprint density at radius 2 is 2.00 bits per heavy atom. The van der Waals surface area contributed by atoms with E-state index in [1.165, 1.54) is 6.26 Å². The Hall–Kier alpha value is -0.630. The summed E-state index contributed by atoms with van der Waals surface area (Å²) < 4.78 is 66.3. The Balaban J connectivity index is 2.80. The molecule has 0 spiro atoms. The fourth-order valence-electron chi connectivity index (χ4n) is 1.31. The van der Waals surface area contributed by atoms with E-state index in [0.29, 0.717) is 12.2 Å². The van der Waals surface area contributed by atoms with Gasteiger partial charge in [0.2, 0.25) is 0 Å². The van der Waals surface area contributed by atoms with Gasteiger partial charge in [0.05, 0.1) is 16.6 Å². The van der Waals surface area contributed by atoms with Crippen LogP contribution < -0.4 is 4.74 Å². The molecule has 0 N–H and O–H groups in total. The minimum atomic E-state index is -4.66. The van der Waals surface area contributed by atoms with E-state index >= 15 is 0 Å². The molecule has 1 unspecified atom stereocenters. The zero-order valence-corrected chi connectivity index (χ0v) is 12.3. The van der Waals surface area contributed by atoms with Crippen LogP contribution in [0.15, 0.2) is 16.6 Å². The molecule has 1 atom stereocenters. The number of alkyl halides is 3. The molecule has 0 bridgehead atoms. The molecule has 1 rings (SSSR count). The van der Waals surface area contributed by atoms with Crippen molar-refractivity contribution in [2.24, 2.45) is 0 Å². The molecule has 0 radical (unpaired) electrons. The summed E-state index contributed by atoms with van der Waals surface area (Å²) in [7, 11) is -0.992. The second-order valence-corrected chi connectivity index (χ2v) is 6.09. The normalized spacial score (nSPS) is 13.4. The van der Waals surface area contributed by atoms with E-state index in [0.717, 1.165) is 12.1 Å². The van der Waals surface area contributed by atoms with E-state index in [-0.39, 0.29) is 12.4 Å². The fraction of sp³-hybridized carbons (Fsp3) is 0.455. The first-order valence-electron chi connectivity index (χ1n) is 5.21. The van der Waals surface area contributed by atoms with Crippen LogP contribution >= 0.6 is 15.9 Å². The Labute approximate surface area is 118 Å². The summed E-state index contributed by atoms with van der Waals surface area (Å²) in [5.74, 6) is -0.857. The average Bonchev–Trinajstić information content (AvgIpc) is 2.27. The highest BCUT2D eigenvalue weighted by molar-refractivity contribution is 9.10. The lowest BCUT2D eigenvalue weighted by molar-refractivity contribution is -0.138. The van der Waals surface area contributed by atoms with Crippen LogP contribution in [-0.4, -0.2) is 22.8 Å². The smallest absolute Gasteiger partial charge is 0.417 e. The number of hydrogen-bond donors (Lipinski definition) is 0. The second-order valence-electron chi connectivity index (χ2n) is 3.74. The minimum Gasteiger partial charge on any atom is -0.493 e. The molecule has 0 fully saturated rings. The number of benzene rings is 1. The Morgan fingerprint density at radius 3 is 2.53 bits per heavy atom. The van der Waals surface area contributed by atoms with Crippen molar-refractivity contribution in [1.82, 2.24) is 0 Å². The Bertz CT molecular complexity index is 476. The van der Waals surface area contributed by atoms with Crippen LogP contribution in [-0.2, 0) is 17.0 Å². The van der Waals surface area contributed by atoms with Gasteiger partial charge in [-0.15, -0.1) is 0 Å². The van der Waals surface area contributed by atoms with E-state index in [9.17, 15) is 21.8 Å². The van der Waals surface area contributed by atoms with Gasteiger partial charge in [0.15, 0.2) is 0 Å². The van der Waals surface area contributed by atoms with E-state index in [4.69, 9.17) is 4.74 Å². The molecule has 0 aliphatic rings. The molecule has 8 heteroatoms. The van der Waals surface area contributed by atoms with Crippen molar-refractivity contribution in [3.63, 3.8) is 0 Å². The predicted molar refractivity (Wildman–Crippen MR) is 68.1 cm³/mol. The van der Waals surface area contributed by atoms with E-state index in [1.807, 2.05) is 0 Å². The van der Waals surface area contributed by atoms with Crippen molar-refractivity contribution in [1.29, 1.82) is 0 Å². The molecular weight excluding hydrogens is 352 g/mol. The van der Waals surface area contributed by atoms with Crippen molar-refractivity contribution in [3.05, 3.63) is 28.0 Å². The summed E-state index contributed by atoms with van der Waals surface area (Å²) in [4.78, 5) is 0. The number of hydrogen-bond acceptors (Lipinski definition) is 2. The van der Waals surface area contributed by atoms with Gasteiger partial charge in [-0.05, 0) is 28.4 Å². The average molecular weight is 363 g/mol. The molecule has 0 heterocycles. The topological polar surface area (TPSA) is 26.3 Å². The van der Waals surface area contributed by atoms with Crippen LogP contribution in [0.3, 0.4) is 0 Å². The van der Waals surface area contributed by atoms with Crippen molar-refractivity contribution >= 4 is 26.7 Å². The number of halogens is 5. The summed E-state index contributed by atoms with van der Waals surface area (Å²) in [5.41, 5.74) is -1.12. The van der Waals surface area contributed by atoms with Gasteiger partial charge < -0.3 is 4.74 Å². The fourth-order valence-corrected chi connectivity index (χ4v) is 2.28. The number of ether oxygens (including phenoxy) is 1. The lowest BCUT2D eigenvalue weighted by atomic mass is 10.2. The van der Waals surface area contributed by atoms with E-state index in [2.05, 4.69) is 15.9 Å². The van der Waals surface area contributed by atoms with Crippen molar-refractivity contribution in [2.75, 3.05) is 18.6 Å². The summed E-state index contributed by atoms with van der Waals surface area (Å²) in [5, 5.41) is 0. The molecule has 0 saturated carbocycles. The van der Waals surface area contributed by atoms with Gasteiger partial charge in [-0.2, -0.15) is 13.2 Å². The molecule has 0 aliphatic heterocycles. The zero-order valence-electron chi connectivity index (χ0n) is 9.89. The molecular formula is C11H11BrF4O2S. The van der Waals surface area contributed by atoms with Gasteiger partial charge in [0.25, 0.3) is 0 Å². The third-order valence-electron chi connectivity index (χ3n) is 2.15. The molecule has 2 nitrogen and oxygen atoms in total. The highest BCUT2D eigenvalue weighted by Crippen LogP contribution is 2.38. The third kappa shape index (κ3) is 5.10. The van der Waals surface area contributed by atoms with Gasteiger partial charge in [-0.25, -0.2) is 4.39 Å². The van der Waals surface area contributed by atoms with Gasteiger partial charge in [0, 0.05) is 28.9 Å². The summed E-state index contributed by atoms with van der Waals surface area (Å²) in [6.07, 6.45) is -2.73. The predicted octanol–water partition coefficient (Wildman–Crippen LogP) is 3.75. The van der Waals surface area contributed by atoms with Crippen LogP contribution in [0.4, 0.5) is 17.6 Å². The monoisotopic (exact) mass is 362 g/mol. The van der Waals surface area contributed by atoms with Crippen LogP contribution in [0.5, 0.6) is 5.75 Å². The molecule has 19 heavy (non-hydrogen) atoms. The van der Waals surface area contributed by atoms with Gasteiger partial charge in [-0.1, -0.05) is 0 Å². The lowest BCUT2D eigenvalue weighted by Crippen LogP contribution is -2.09. The van der Waals surface area contributed by atoms with Crippen LogP contribution in [0.1, 0.15) is 12.0 Å². The molecule has 0 amide bonds. The maximum Gasteiger partial charge on any atom is 0.417 e. The van der Waals surface area contributed by atoms with E-state index < -0.39 is 32.8 Å². The zero-order chi connectivity index (χ0) is 14.6. The van der Waals surface area contributed by atoms with E-state index in [1.54, 1.807) is 0 Å². The molecule has 108 valence electrons. The molecule has 0 aromatic heterocycles. The van der Waals surface area contributed by atoms with Gasteiger partial charge in [-0.3, -0.25) is 4.21 Å². The molecule has 1 aromatic carbocycles. The molecule has 0 saturated heterocycles. The van der Waals surface area contributed by atoms with Crippen molar-refractivity contribution in [3.8, 4) is 5.75 Å². The Kier molecular flexibility index (Phi) is 5.79. The van der Waals surface area contributed by atoms with Gasteiger partial charge in [0.1, 0.15) is 11.6 Å². The Morgan fingerprint density at radius 1 is 1.37 bits per heavy atom. The lowest BCUT2D eigenvalue weighted by Gasteiger charge is -2.13.